The topological polar surface area (TPSA) is 39.9 Å². The zero-order valence-electron chi connectivity index (χ0n) is 9.64. The average molecular weight is 252 g/mol. The van der Waals surface area contributed by atoms with E-state index in [0.717, 1.165) is 18.5 Å². The van der Waals surface area contributed by atoms with E-state index < -0.39 is 0 Å². The minimum atomic E-state index is 0.430. The summed E-state index contributed by atoms with van der Waals surface area (Å²) in [6.07, 6.45) is 8.00. The molecule has 17 heavy (non-hydrogen) atoms. The second-order valence-corrected chi connectivity index (χ2v) is 3.97. The summed E-state index contributed by atoms with van der Waals surface area (Å²) in [5.74, 6) is 1.82. The van der Waals surface area contributed by atoms with E-state index in [1.807, 2.05) is 16.9 Å². The number of ether oxygens (including phenoxy) is 1. The summed E-state index contributed by atoms with van der Waals surface area (Å²) in [5.41, 5.74) is 0.935. The van der Waals surface area contributed by atoms with Crippen molar-refractivity contribution in [2.45, 2.75) is 25.8 Å². The summed E-state index contributed by atoms with van der Waals surface area (Å²) in [4.78, 5) is 4.06. The number of aryl methyl sites for hydroxylation is 1. The maximum Gasteiger partial charge on any atom is 0.165 e. The highest BCUT2D eigenvalue weighted by atomic mass is 35.5. The molecular formula is C12H14ClN3O. The minimum absolute atomic E-state index is 0.430. The molecule has 0 amide bonds. The Hall–Kier alpha value is -1.55. The second kappa shape index (κ2) is 5.68. The normalized spacial score (nSPS) is 10.5. The zero-order valence-corrected chi connectivity index (χ0v) is 10.4. The summed E-state index contributed by atoms with van der Waals surface area (Å²) in [7, 11) is 0. The van der Waals surface area contributed by atoms with Crippen LogP contribution in [0.2, 0.25) is 0 Å². The molecule has 2 heterocycles. The van der Waals surface area contributed by atoms with Gasteiger partial charge in [0.1, 0.15) is 5.75 Å². The number of nitrogens with zero attached hydrogens (tertiary/aromatic N) is 3. The number of hydrogen-bond donors (Lipinski definition) is 0. The average Bonchev–Trinajstić information content (AvgIpc) is 2.77. The minimum Gasteiger partial charge on any atom is -0.452 e. The van der Waals surface area contributed by atoms with E-state index in [9.17, 15) is 0 Å². The SMILES string of the molecule is CCCn1cc(Oc2cncc(CCl)c2)cn1. The van der Waals surface area contributed by atoms with Crippen molar-refractivity contribution >= 4 is 11.6 Å². The first-order valence-corrected chi connectivity index (χ1v) is 6.05. The monoisotopic (exact) mass is 251 g/mol. The molecule has 2 rings (SSSR count). The smallest absolute Gasteiger partial charge is 0.165 e. The fraction of sp³-hybridized carbons (Fsp3) is 0.333. The fourth-order valence-electron chi connectivity index (χ4n) is 1.48. The maximum atomic E-state index is 5.74. The van der Waals surface area contributed by atoms with E-state index in [1.54, 1.807) is 18.6 Å². The van der Waals surface area contributed by atoms with Crippen molar-refractivity contribution in [3.63, 3.8) is 0 Å². The molecule has 0 bridgehead atoms. The Balaban J connectivity index is 2.08. The Labute approximate surface area is 105 Å². The van der Waals surface area contributed by atoms with Crippen LogP contribution < -0.4 is 4.74 Å². The number of halogens is 1. The van der Waals surface area contributed by atoms with Gasteiger partial charge in [0.15, 0.2) is 5.75 Å². The number of pyridine rings is 1. The quantitative estimate of drug-likeness (QED) is 0.766. The summed E-state index contributed by atoms with van der Waals surface area (Å²) in [5, 5.41) is 4.19. The summed E-state index contributed by atoms with van der Waals surface area (Å²) < 4.78 is 7.50. The summed E-state index contributed by atoms with van der Waals surface area (Å²) in [6, 6.07) is 1.87. The summed E-state index contributed by atoms with van der Waals surface area (Å²) in [6.45, 7) is 3.00. The van der Waals surface area contributed by atoms with Gasteiger partial charge >= 0.3 is 0 Å². The predicted octanol–water partition coefficient (Wildman–Crippen LogP) is 3.22. The van der Waals surface area contributed by atoms with Gasteiger partial charge in [-0.2, -0.15) is 5.10 Å². The van der Waals surface area contributed by atoms with E-state index in [2.05, 4.69) is 17.0 Å². The van der Waals surface area contributed by atoms with Gasteiger partial charge < -0.3 is 4.74 Å². The summed E-state index contributed by atoms with van der Waals surface area (Å²) >= 11 is 5.74. The lowest BCUT2D eigenvalue weighted by atomic mass is 10.3. The van der Waals surface area contributed by atoms with Gasteiger partial charge in [-0.05, 0) is 18.1 Å². The molecule has 0 aliphatic rings. The molecule has 0 atom stereocenters. The van der Waals surface area contributed by atoms with Crippen LogP contribution in [-0.2, 0) is 12.4 Å². The first-order valence-electron chi connectivity index (χ1n) is 5.52. The molecule has 5 heteroatoms. The van der Waals surface area contributed by atoms with Gasteiger partial charge in [0, 0.05) is 18.6 Å². The third-order valence-electron chi connectivity index (χ3n) is 2.22. The zero-order chi connectivity index (χ0) is 12.1. The van der Waals surface area contributed by atoms with Crippen LogP contribution in [0.3, 0.4) is 0 Å². The molecule has 0 aromatic carbocycles. The molecule has 0 saturated carbocycles. The molecule has 0 aliphatic heterocycles. The van der Waals surface area contributed by atoms with Crippen LogP contribution in [0, 0.1) is 0 Å². The molecule has 0 spiro atoms. The molecule has 0 saturated heterocycles. The number of alkyl halides is 1. The number of aromatic nitrogens is 3. The molecule has 2 aromatic heterocycles. The van der Waals surface area contributed by atoms with Gasteiger partial charge in [0.05, 0.1) is 18.6 Å². The largest absolute Gasteiger partial charge is 0.452 e. The second-order valence-electron chi connectivity index (χ2n) is 3.70. The van der Waals surface area contributed by atoms with Crippen LogP contribution >= 0.6 is 11.6 Å². The Kier molecular flexibility index (Phi) is 3.98. The van der Waals surface area contributed by atoms with Crippen LogP contribution in [0.25, 0.3) is 0 Å². The number of hydrogen-bond acceptors (Lipinski definition) is 3. The molecule has 2 aromatic rings. The van der Waals surface area contributed by atoms with E-state index in [1.165, 1.54) is 0 Å². The molecule has 90 valence electrons. The van der Waals surface area contributed by atoms with Gasteiger partial charge in [-0.3, -0.25) is 9.67 Å². The van der Waals surface area contributed by atoms with Crippen LogP contribution in [-0.4, -0.2) is 14.8 Å². The molecule has 0 unspecified atom stereocenters. The van der Waals surface area contributed by atoms with Crippen molar-refractivity contribution in [1.82, 2.24) is 14.8 Å². The van der Waals surface area contributed by atoms with Crippen molar-refractivity contribution in [1.29, 1.82) is 0 Å². The van der Waals surface area contributed by atoms with Crippen LogP contribution in [0.15, 0.2) is 30.9 Å². The van der Waals surface area contributed by atoms with Crippen molar-refractivity contribution in [3.05, 3.63) is 36.4 Å². The van der Waals surface area contributed by atoms with Gasteiger partial charge in [0.25, 0.3) is 0 Å². The molecule has 0 aliphatic carbocycles. The standard InChI is InChI=1S/C12H14ClN3O/c1-2-3-16-9-12(8-15-16)17-11-4-10(5-13)6-14-7-11/h4,6-9H,2-3,5H2,1H3. The highest BCUT2D eigenvalue weighted by Crippen LogP contribution is 2.21. The van der Waals surface area contributed by atoms with E-state index >= 15 is 0 Å². The lowest BCUT2D eigenvalue weighted by molar-refractivity contribution is 0.477. The maximum absolute atomic E-state index is 5.74. The van der Waals surface area contributed by atoms with E-state index in [0.29, 0.717) is 17.4 Å². The first kappa shape index (κ1) is 11.9. The highest BCUT2D eigenvalue weighted by Gasteiger charge is 2.02. The van der Waals surface area contributed by atoms with Crippen molar-refractivity contribution in [2.24, 2.45) is 0 Å². The third-order valence-corrected chi connectivity index (χ3v) is 2.53. The van der Waals surface area contributed by atoms with Crippen LogP contribution in [0.5, 0.6) is 11.5 Å². The predicted molar refractivity (Wildman–Crippen MR) is 66.4 cm³/mol. The highest BCUT2D eigenvalue weighted by molar-refractivity contribution is 6.17. The van der Waals surface area contributed by atoms with Gasteiger partial charge in [-0.15, -0.1) is 11.6 Å². The van der Waals surface area contributed by atoms with E-state index in [4.69, 9.17) is 16.3 Å². The number of rotatable bonds is 5. The Morgan fingerprint density at radius 2 is 2.18 bits per heavy atom. The Morgan fingerprint density at radius 3 is 2.94 bits per heavy atom. The molecule has 0 fully saturated rings. The van der Waals surface area contributed by atoms with Gasteiger partial charge in [-0.1, -0.05) is 6.92 Å². The lowest BCUT2D eigenvalue weighted by Crippen LogP contribution is -1.95. The molecule has 0 radical (unpaired) electrons. The van der Waals surface area contributed by atoms with Gasteiger partial charge in [-0.25, -0.2) is 0 Å². The van der Waals surface area contributed by atoms with Crippen molar-refractivity contribution in [3.8, 4) is 11.5 Å². The molecular weight excluding hydrogens is 238 g/mol. The lowest BCUT2D eigenvalue weighted by Gasteiger charge is -2.03. The van der Waals surface area contributed by atoms with Crippen LogP contribution in [0.4, 0.5) is 0 Å². The third kappa shape index (κ3) is 3.20. The first-order chi connectivity index (χ1) is 8.31. The van der Waals surface area contributed by atoms with Gasteiger partial charge in [0.2, 0.25) is 0 Å². The fourth-order valence-corrected chi connectivity index (χ4v) is 1.62. The van der Waals surface area contributed by atoms with Crippen LogP contribution in [0.1, 0.15) is 18.9 Å². The van der Waals surface area contributed by atoms with Crippen molar-refractivity contribution < 1.29 is 4.74 Å². The Morgan fingerprint density at radius 1 is 1.29 bits per heavy atom. The Bertz CT molecular complexity index is 484. The van der Waals surface area contributed by atoms with Crippen molar-refractivity contribution in [2.75, 3.05) is 0 Å². The van der Waals surface area contributed by atoms with E-state index in [-0.39, 0.29) is 0 Å². The molecule has 4 nitrogen and oxygen atoms in total. The molecule has 0 N–H and O–H groups in total.